The highest BCUT2D eigenvalue weighted by atomic mass is 79.9. The van der Waals surface area contributed by atoms with Crippen molar-refractivity contribution >= 4 is 38.6 Å². The summed E-state index contributed by atoms with van der Waals surface area (Å²) < 4.78 is 12.8. The summed E-state index contributed by atoms with van der Waals surface area (Å²) in [4.78, 5) is 28.6. The van der Waals surface area contributed by atoms with E-state index < -0.39 is 0 Å². The third-order valence-electron chi connectivity index (χ3n) is 7.18. The van der Waals surface area contributed by atoms with Crippen molar-refractivity contribution < 1.29 is 14.3 Å². The van der Waals surface area contributed by atoms with Crippen molar-refractivity contribution in [3.8, 4) is 11.5 Å². The number of carbonyl (C=O) groups excluding carboxylic acids is 1. The van der Waals surface area contributed by atoms with E-state index in [1.54, 1.807) is 13.4 Å². The third kappa shape index (κ3) is 6.33. The molecule has 3 heterocycles. The van der Waals surface area contributed by atoms with E-state index in [2.05, 4.69) is 35.7 Å². The summed E-state index contributed by atoms with van der Waals surface area (Å²) in [7, 11) is 1.66. The number of carbonyl (C=O) groups is 1. The van der Waals surface area contributed by atoms with Crippen LogP contribution in [-0.2, 0) is 11.2 Å². The van der Waals surface area contributed by atoms with Gasteiger partial charge < -0.3 is 24.2 Å². The number of anilines is 1. The molecule has 196 valence electrons. The van der Waals surface area contributed by atoms with Gasteiger partial charge in [0.15, 0.2) is 11.5 Å². The highest BCUT2D eigenvalue weighted by molar-refractivity contribution is 9.10. The van der Waals surface area contributed by atoms with Crippen molar-refractivity contribution in [2.24, 2.45) is 0 Å². The Bertz CT molecular complexity index is 1210. The second-order valence-electron chi connectivity index (χ2n) is 9.64. The molecule has 0 spiro atoms. The lowest BCUT2D eigenvalue weighted by molar-refractivity contribution is -0.130. The van der Waals surface area contributed by atoms with Gasteiger partial charge in [-0.3, -0.25) is 4.79 Å². The molecule has 3 aromatic rings. The first-order valence-corrected chi connectivity index (χ1v) is 13.8. The number of hydrogen-bond donors (Lipinski definition) is 0. The van der Waals surface area contributed by atoms with E-state index >= 15 is 0 Å². The lowest BCUT2D eigenvalue weighted by Gasteiger charge is -2.36. The van der Waals surface area contributed by atoms with Gasteiger partial charge in [0, 0.05) is 48.6 Å². The number of fused-ring (bicyclic) bond motifs is 1. The first kappa shape index (κ1) is 25.7. The summed E-state index contributed by atoms with van der Waals surface area (Å²) in [5.74, 6) is 2.42. The lowest BCUT2D eigenvalue weighted by Crippen LogP contribution is -2.49. The number of methoxy groups -OCH3 is 1. The van der Waals surface area contributed by atoms with Crippen LogP contribution in [0.3, 0.4) is 0 Å². The van der Waals surface area contributed by atoms with Gasteiger partial charge in [-0.1, -0.05) is 28.1 Å². The van der Waals surface area contributed by atoms with E-state index in [-0.39, 0.29) is 5.91 Å². The Hall–Kier alpha value is -2.91. The van der Waals surface area contributed by atoms with Gasteiger partial charge in [0.2, 0.25) is 5.91 Å². The number of aromatic nitrogens is 2. The van der Waals surface area contributed by atoms with Crippen molar-refractivity contribution in [2.45, 2.75) is 25.7 Å². The number of piperazine rings is 1. The van der Waals surface area contributed by atoms with E-state index in [0.717, 1.165) is 52.8 Å². The predicted octanol–water partition coefficient (Wildman–Crippen LogP) is 4.16. The minimum atomic E-state index is 0.155. The maximum Gasteiger partial charge on any atom is 0.227 e. The van der Waals surface area contributed by atoms with E-state index in [9.17, 15) is 4.79 Å². The van der Waals surface area contributed by atoms with Gasteiger partial charge in [-0.25, -0.2) is 9.97 Å². The molecule has 2 aliphatic heterocycles. The SMILES string of the molecule is COc1cc2c(N3CCN(C(=O)Cc4ccc(Br)cc4)CC3)ncnc2cc1OCCCN1CCCC1. The van der Waals surface area contributed by atoms with Crippen LogP contribution < -0.4 is 14.4 Å². The summed E-state index contributed by atoms with van der Waals surface area (Å²) in [6.07, 6.45) is 5.62. The maximum atomic E-state index is 12.8. The van der Waals surface area contributed by atoms with Crippen molar-refractivity contribution in [3.05, 3.63) is 52.8 Å². The third-order valence-corrected chi connectivity index (χ3v) is 7.70. The Balaban J connectivity index is 1.22. The average Bonchev–Trinajstić information content (AvgIpc) is 3.45. The molecule has 9 heteroatoms. The summed E-state index contributed by atoms with van der Waals surface area (Å²) in [6.45, 7) is 6.88. The van der Waals surface area contributed by atoms with Crippen LogP contribution in [0.4, 0.5) is 5.82 Å². The Morgan fingerprint density at radius 2 is 1.73 bits per heavy atom. The summed E-state index contributed by atoms with van der Waals surface area (Å²) in [5.41, 5.74) is 1.85. The molecular formula is C28H34BrN5O3. The monoisotopic (exact) mass is 567 g/mol. The molecule has 0 unspecified atom stereocenters. The summed E-state index contributed by atoms with van der Waals surface area (Å²) >= 11 is 3.44. The minimum absolute atomic E-state index is 0.155. The highest BCUT2D eigenvalue weighted by Crippen LogP contribution is 2.35. The molecule has 0 atom stereocenters. The quantitative estimate of drug-likeness (QED) is 0.359. The van der Waals surface area contributed by atoms with E-state index in [1.807, 2.05) is 41.3 Å². The zero-order valence-electron chi connectivity index (χ0n) is 21.4. The smallest absolute Gasteiger partial charge is 0.227 e. The van der Waals surface area contributed by atoms with Crippen molar-refractivity contribution in [2.75, 3.05) is 64.4 Å². The lowest BCUT2D eigenvalue weighted by atomic mass is 10.1. The van der Waals surface area contributed by atoms with Gasteiger partial charge in [0.25, 0.3) is 0 Å². The van der Waals surface area contributed by atoms with Gasteiger partial charge in [0.05, 0.1) is 25.7 Å². The van der Waals surface area contributed by atoms with E-state index in [0.29, 0.717) is 37.6 Å². The standard InChI is InChI=1S/C28H34BrN5O3/c1-36-25-18-23-24(19-26(25)37-16-4-11-32-9-2-3-10-32)30-20-31-28(23)34-14-12-33(13-15-34)27(35)17-21-5-7-22(29)8-6-21/h5-8,18-20H,2-4,9-17H2,1H3. The second kappa shape index (κ2) is 12.1. The first-order valence-electron chi connectivity index (χ1n) is 13.1. The van der Waals surface area contributed by atoms with Crippen LogP contribution >= 0.6 is 15.9 Å². The van der Waals surface area contributed by atoms with E-state index in [1.165, 1.54) is 25.9 Å². The van der Waals surface area contributed by atoms with Crippen LogP contribution in [0.5, 0.6) is 11.5 Å². The van der Waals surface area contributed by atoms with Crippen LogP contribution in [-0.4, -0.2) is 85.2 Å². The van der Waals surface area contributed by atoms with Crippen LogP contribution in [0.25, 0.3) is 10.9 Å². The largest absolute Gasteiger partial charge is 0.493 e. The highest BCUT2D eigenvalue weighted by Gasteiger charge is 2.24. The number of likely N-dealkylation sites (tertiary alicyclic amines) is 1. The maximum absolute atomic E-state index is 12.8. The molecule has 1 amide bonds. The molecule has 37 heavy (non-hydrogen) atoms. The van der Waals surface area contributed by atoms with Crippen molar-refractivity contribution in [1.29, 1.82) is 0 Å². The molecule has 5 rings (SSSR count). The summed E-state index contributed by atoms with van der Waals surface area (Å²) in [6, 6.07) is 11.9. The molecule has 1 aromatic heterocycles. The molecule has 0 radical (unpaired) electrons. The molecule has 2 fully saturated rings. The Labute approximate surface area is 226 Å². The predicted molar refractivity (Wildman–Crippen MR) is 149 cm³/mol. The molecule has 0 aliphatic carbocycles. The zero-order valence-corrected chi connectivity index (χ0v) is 23.0. The topological polar surface area (TPSA) is 71.0 Å². The van der Waals surface area contributed by atoms with Crippen LogP contribution in [0.1, 0.15) is 24.8 Å². The number of rotatable bonds is 9. The molecular weight excluding hydrogens is 534 g/mol. The van der Waals surface area contributed by atoms with Gasteiger partial charge >= 0.3 is 0 Å². The van der Waals surface area contributed by atoms with Crippen molar-refractivity contribution in [1.82, 2.24) is 19.8 Å². The number of hydrogen-bond acceptors (Lipinski definition) is 7. The fourth-order valence-corrected chi connectivity index (χ4v) is 5.37. The number of amides is 1. The number of halogens is 1. The molecule has 2 aromatic carbocycles. The average molecular weight is 569 g/mol. The van der Waals surface area contributed by atoms with Crippen LogP contribution in [0, 0.1) is 0 Å². The zero-order chi connectivity index (χ0) is 25.6. The number of benzene rings is 2. The van der Waals surface area contributed by atoms with Gasteiger partial charge in [-0.15, -0.1) is 0 Å². The minimum Gasteiger partial charge on any atom is -0.493 e. The Morgan fingerprint density at radius 3 is 2.46 bits per heavy atom. The second-order valence-corrected chi connectivity index (χ2v) is 10.6. The molecule has 8 nitrogen and oxygen atoms in total. The molecule has 2 aliphatic rings. The summed E-state index contributed by atoms with van der Waals surface area (Å²) in [5, 5.41) is 0.929. The van der Waals surface area contributed by atoms with Crippen LogP contribution in [0.15, 0.2) is 47.2 Å². The number of ether oxygens (including phenoxy) is 2. The van der Waals surface area contributed by atoms with Crippen LogP contribution in [0.2, 0.25) is 0 Å². The molecule has 0 N–H and O–H groups in total. The fraction of sp³-hybridized carbons (Fsp3) is 0.464. The van der Waals surface area contributed by atoms with Gasteiger partial charge in [-0.2, -0.15) is 0 Å². The Morgan fingerprint density at radius 1 is 0.973 bits per heavy atom. The van der Waals surface area contributed by atoms with Gasteiger partial charge in [-0.05, 0) is 56.1 Å². The Kier molecular flexibility index (Phi) is 8.41. The van der Waals surface area contributed by atoms with Crippen molar-refractivity contribution in [3.63, 3.8) is 0 Å². The molecule has 0 bridgehead atoms. The first-order chi connectivity index (χ1) is 18.1. The normalized spacial score (nSPS) is 16.4. The molecule has 2 saturated heterocycles. The van der Waals surface area contributed by atoms with E-state index in [4.69, 9.17) is 9.47 Å². The molecule has 0 saturated carbocycles. The number of nitrogens with zero attached hydrogens (tertiary/aromatic N) is 5. The fourth-order valence-electron chi connectivity index (χ4n) is 5.11. The van der Waals surface area contributed by atoms with Gasteiger partial charge in [0.1, 0.15) is 12.1 Å².